The maximum absolute atomic E-state index is 11.7. The van der Waals surface area contributed by atoms with Crippen molar-refractivity contribution >= 4 is 11.9 Å². The lowest BCUT2D eigenvalue weighted by Gasteiger charge is -2.17. The highest BCUT2D eigenvalue weighted by Crippen LogP contribution is 2.21. The minimum Gasteiger partial charge on any atom is -0.469 e. The van der Waals surface area contributed by atoms with Gasteiger partial charge in [-0.1, -0.05) is 97.3 Å². The summed E-state index contributed by atoms with van der Waals surface area (Å²) in [6.07, 6.45) is 19.3. The molecule has 0 fully saturated rings. The number of unbranched alkanes of at least 4 members (excludes halogenated alkanes) is 13. The van der Waals surface area contributed by atoms with Crippen molar-refractivity contribution in [2.24, 2.45) is 11.8 Å². The van der Waals surface area contributed by atoms with E-state index >= 15 is 0 Å². The Labute approximate surface area is 174 Å². The van der Waals surface area contributed by atoms with Gasteiger partial charge in [-0.3, -0.25) is 9.59 Å². The molecule has 1 unspecified atom stereocenters. The van der Waals surface area contributed by atoms with Gasteiger partial charge in [0, 0.05) is 6.42 Å². The highest BCUT2D eigenvalue weighted by atomic mass is 16.5. The highest BCUT2D eigenvalue weighted by Gasteiger charge is 2.21. The third-order valence-electron chi connectivity index (χ3n) is 5.68. The minimum atomic E-state index is -0.0825. The van der Waals surface area contributed by atoms with E-state index in [1.165, 1.54) is 84.8 Å². The lowest BCUT2D eigenvalue weighted by atomic mass is 9.90. The largest absolute Gasteiger partial charge is 0.469 e. The lowest BCUT2D eigenvalue weighted by molar-refractivity contribution is -0.147. The normalized spacial score (nSPS) is 12.2. The van der Waals surface area contributed by atoms with Crippen LogP contribution in [0.15, 0.2) is 0 Å². The Morgan fingerprint density at radius 3 is 1.36 bits per heavy atom. The summed E-state index contributed by atoms with van der Waals surface area (Å²) < 4.78 is 9.55. The maximum Gasteiger partial charge on any atom is 0.308 e. The fraction of sp³-hybridized carbons (Fsp3) is 0.917. The monoisotopic (exact) mass is 398 g/mol. The molecule has 0 aromatic rings. The molecule has 0 radical (unpaired) electrons. The molecule has 0 aromatic heterocycles. The molecule has 0 aliphatic rings. The Kier molecular flexibility index (Phi) is 18.5. The molecule has 0 saturated carbocycles. The number of methoxy groups -OCH3 is 2. The number of esters is 2. The standard InChI is InChI=1S/C24H46O4/c1-21(2)22(24(26)28-4)19-17-15-13-11-9-7-5-6-8-10-12-14-16-18-20-23(25)27-3/h21-22H,5-20H2,1-4H3. The summed E-state index contributed by atoms with van der Waals surface area (Å²) in [7, 11) is 2.95. The van der Waals surface area contributed by atoms with E-state index in [4.69, 9.17) is 4.74 Å². The summed E-state index contributed by atoms with van der Waals surface area (Å²) in [5.41, 5.74) is 0. The van der Waals surface area contributed by atoms with Gasteiger partial charge in [-0.25, -0.2) is 0 Å². The van der Waals surface area contributed by atoms with Crippen LogP contribution < -0.4 is 0 Å². The smallest absolute Gasteiger partial charge is 0.308 e. The molecule has 166 valence electrons. The van der Waals surface area contributed by atoms with Crippen LogP contribution in [0.1, 0.15) is 117 Å². The molecular formula is C24H46O4. The Morgan fingerprint density at radius 1 is 0.607 bits per heavy atom. The molecule has 0 aliphatic carbocycles. The zero-order chi connectivity index (χ0) is 21.0. The molecule has 28 heavy (non-hydrogen) atoms. The number of hydrogen-bond acceptors (Lipinski definition) is 4. The third kappa shape index (κ3) is 15.9. The summed E-state index contributed by atoms with van der Waals surface area (Å²) in [4.78, 5) is 22.7. The van der Waals surface area contributed by atoms with E-state index in [9.17, 15) is 9.59 Å². The van der Waals surface area contributed by atoms with Gasteiger partial charge in [0.2, 0.25) is 0 Å². The molecule has 1 atom stereocenters. The van der Waals surface area contributed by atoms with Crippen molar-refractivity contribution in [2.75, 3.05) is 14.2 Å². The van der Waals surface area contributed by atoms with E-state index in [2.05, 4.69) is 18.6 Å². The first-order valence-corrected chi connectivity index (χ1v) is 11.7. The molecular weight excluding hydrogens is 352 g/mol. The van der Waals surface area contributed by atoms with Crippen LogP contribution in [0, 0.1) is 11.8 Å². The van der Waals surface area contributed by atoms with Crippen molar-refractivity contribution in [2.45, 2.75) is 117 Å². The number of carbonyl (C=O) groups excluding carboxylic acids is 2. The van der Waals surface area contributed by atoms with Gasteiger partial charge in [-0.15, -0.1) is 0 Å². The number of hydrogen-bond donors (Lipinski definition) is 0. The van der Waals surface area contributed by atoms with Crippen molar-refractivity contribution in [1.29, 1.82) is 0 Å². The molecule has 4 nitrogen and oxygen atoms in total. The second kappa shape index (κ2) is 19.3. The first-order chi connectivity index (χ1) is 13.5. The van der Waals surface area contributed by atoms with Gasteiger partial charge in [0.05, 0.1) is 20.1 Å². The zero-order valence-corrected chi connectivity index (χ0v) is 19.1. The van der Waals surface area contributed by atoms with Gasteiger partial charge in [-0.05, 0) is 18.8 Å². The van der Waals surface area contributed by atoms with Gasteiger partial charge in [-0.2, -0.15) is 0 Å². The van der Waals surface area contributed by atoms with Crippen LogP contribution >= 0.6 is 0 Å². The van der Waals surface area contributed by atoms with Gasteiger partial charge in [0.15, 0.2) is 0 Å². The summed E-state index contributed by atoms with van der Waals surface area (Å²) in [6.45, 7) is 4.21. The average molecular weight is 399 g/mol. The quantitative estimate of drug-likeness (QED) is 0.176. The predicted molar refractivity (Wildman–Crippen MR) is 116 cm³/mol. The maximum atomic E-state index is 11.7. The fourth-order valence-electron chi connectivity index (χ4n) is 3.73. The van der Waals surface area contributed by atoms with Crippen molar-refractivity contribution in [3.8, 4) is 0 Å². The van der Waals surface area contributed by atoms with Crippen LogP contribution in [0.3, 0.4) is 0 Å². The highest BCUT2D eigenvalue weighted by molar-refractivity contribution is 5.72. The predicted octanol–water partition coefficient (Wildman–Crippen LogP) is 6.85. The fourth-order valence-corrected chi connectivity index (χ4v) is 3.73. The van der Waals surface area contributed by atoms with Crippen LogP contribution in [-0.2, 0) is 19.1 Å². The molecule has 0 rings (SSSR count). The first kappa shape index (κ1) is 26.9. The second-order valence-electron chi connectivity index (χ2n) is 8.44. The van der Waals surface area contributed by atoms with Gasteiger partial charge < -0.3 is 9.47 Å². The second-order valence-corrected chi connectivity index (χ2v) is 8.44. The first-order valence-electron chi connectivity index (χ1n) is 11.7. The Balaban J connectivity index is 3.29. The van der Waals surface area contributed by atoms with Gasteiger partial charge >= 0.3 is 11.9 Å². The SMILES string of the molecule is COC(=O)CCCCCCCCCCCCCCCCC(C(=O)OC)C(C)C. The van der Waals surface area contributed by atoms with Crippen LogP contribution in [0.5, 0.6) is 0 Å². The van der Waals surface area contributed by atoms with Gasteiger partial charge in [0.1, 0.15) is 0 Å². The van der Waals surface area contributed by atoms with Crippen molar-refractivity contribution in [3.05, 3.63) is 0 Å². The number of ether oxygens (including phenoxy) is 2. The van der Waals surface area contributed by atoms with Crippen LogP contribution in [-0.4, -0.2) is 26.2 Å². The van der Waals surface area contributed by atoms with E-state index < -0.39 is 0 Å². The van der Waals surface area contributed by atoms with E-state index in [0.29, 0.717) is 12.3 Å². The van der Waals surface area contributed by atoms with Crippen LogP contribution in [0.25, 0.3) is 0 Å². The van der Waals surface area contributed by atoms with E-state index in [0.717, 1.165) is 25.7 Å². The van der Waals surface area contributed by atoms with E-state index in [1.54, 1.807) is 0 Å². The average Bonchev–Trinajstić information content (AvgIpc) is 2.69. The molecule has 0 N–H and O–H groups in total. The molecule has 0 saturated heterocycles. The van der Waals surface area contributed by atoms with E-state index in [1.807, 2.05) is 0 Å². The number of carbonyl (C=O) groups is 2. The topological polar surface area (TPSA) is 52.6 Å². The van der Waals surface area contributed by atoms with Crippen LogP contribution in [0.2, 0.25) is 0 Å². The molecule has 0 amide bonds. The molecule has 0 aliphatic heterocycles. The summed E-state index contributed by atoms with van der Waals surface area (Å²) in [5.74, 6) is 0.308. The summed E-state index contributed by atoms with van der Waals surface area (Å²) in [6, 6.07) is 0. The molecule has 0 aromatic carbocycles. The Hall–Kier alpha value is -1.06. The lowest BCUT2D eigenvalue weighted by Crippen LogP contribution is -2.21. The minimum absolute atomic E-state index is 0.0452. The number of rotatable bonds is 19. The Bertz CT molecular complexity index is 379. The molecule has 0 heterocycles. The zero-order valence-electron chi connectivity index (χ0n) is 19.1. The summed E-state index contributed by atoms with van der Waals surface area (Å²) >= 11 is 0. The Morgan fingerprint density at radius 2 is 1.00 bits per heavy atom. The van der Waals surface area contributed by atoms with Crippen molar-refractivity contribution in [1.82, 2.24) is 0 Å². The van der Waals surface area contributed by atoms with Crippen LogP contribution in [0.4, 0.5) is 0 Å². The summed E-state index contributed by atoms with van der Waals surface area (Å²) in [5, 5.41) is 0. The third-order valence-corrected chi connectivity index (χ3v) is 5.68. The van der Waals surface area contributed by atoms with Gasteiger partial charge in [0.25, 0.3) is 0 Å². The van der Waals surface area contributed by atoms with Crippen molar-refractivity contribution < 1.29 is 19.1 Å². The van der Waals surface area contributed by atoms with Crippen molar-refractivity contribution in [3.63, 3.8) is 0 Å². The molecule has 0 spiro atoms. The molecule has 4 heteroatoms. The molecule has 0 bridgehead atoms. The van der Waals surface area contributed by atoms with E-state index in [-0.39, 0.29) is 17.9 Å².